The van der Waals surface area contributed by atoms with Gasteiger partial charge in [-0.2, -0.15) is 0 Å². The molecule has 0 saturated carbocycles. The number of hydrogen-bond acceptors (Lipinski definition) is 4. The Kier molecular flexibility index (Phi) is 5.23. The second-order valence-corrected chi connectivity index (χ2v) is 7.24. The van der Waals surface area contributed by atoms with E-state index in [0.29, 0.717) is 31.2 Å². The number of nitrogens with one attached hydrogen (secondary N) is 1. The van der Waals surface area contributed by atoms with Crippen LogP contribution in [0.3, 0.4) is 0 Å². The van der Waals surface area contributed by atoms with Gasteiger partial charge in [-0.3, -0.25) is 9.69 Å². The van der Waals surface area contributed by atoms with E-state index >= 15 is 0 Å². The molecule has 24 heavy (non-hydrogen) atoms. The maximum Gasteiger partial charge on any atom is 0.251 e. The molecule has 1 aromatic rings. The van der Waals surface area contributed by atoms with Gasteiger partial charge in [0.25, 0.3) is 5.91 Å². The van der Waals surface area contributed by atoms with Crippen molar-refractivity contribution in [3.63, 3.8) is 0 Å². The lowest BCUT2D eigenvalue weighted by molar-refractivity contribution is -0.123. The molecule has 0 radical (unpaired) electrons. The molecule has 5 nitrogen and oxygen atoms in total. The monoisotopic (exact) mass is 332 g/mol. The van der Waals surface area contributed by atoms with E-state index in [1.54, 1.807) is 7.05 Å². The van der Waals surface area contributed by atoms with Crippen molar-refractivity contribution in [2.45, 2.75) is 44.4 Å². The molecule has 0 aromatic heterocycles. The summed E-state index contributed by atoms with van der Waals surface area (Å²) in [4.78, 5) is 14.1. The molecule has 1 amide bonds. The van der Waals surface area contributed by atoms with Crippen LogP contribution in [0.25, 0.3) is 0 Å². The smallest absolute Gasteiger partial charge is 0.251 e. The van der Waals surface area contributed by atoms with Crippen molar-refractivity contribution in [3.05, 3.63) is 35.4 Å². The zero-order valence-corrected chi connectivity index (χ0v) is 14.6. The van der Waals surface area contributed by atoms with Crippen molar-refractivity contribution >= 4 is 5.91 Å². The average Bonchev–Trinajstić information content (AvgIpc) is 3.02. The van der Waals surface area contributed by atoms with Crippen molar-refractivity contribution in [1.82, 2.24) is 10.2 Å². The van der Waals surface area contributed by atoms with Crippen LogP contribution in [0, 0.1) is 5.92 Å². The summed E-state index contributed by atoms with van der Waals surface area (Å²) < 4.78 is 5.65. The van der Waals surface area contributed by atoms with Crippen molar-refractivity contribution in [3.8, 4) is 0 Å². The Bertz CT molecular complexity index is 570. The number of aliphatic hydroxyl groups is 1. The third-order valence-corrected chi connectivity index (χ3v) is 5.56. The molecule has 2 fully saturated rings. The first-order valence-electron chi connectivity index (χ1n) is 8.86. The quantitative estimate of drug-likeness (QED) is 0.883. The molecule has 2 N–H and O–H groups in total. The average molecular weight is 332 g/mol. The Labute approximate surface area is 144 Å². The van der Waals surface area contributed by atoms with Crippen molar-refractivity contribution in [2.75, 3.05) is 26.8 Å². The second-order valence-electron chi connectivity index (χ2n) is 7.24. The molecule has 3 atom stereocenters. The fraction of sp³-hybridized carbons (Fsp3) is 0.632. The number of ether oxygens (including phenoxy) is 1. The number of rotatable bonds is 4. The third kappa shape index (κ3) is 3.63. The van der Waals surface area contributed by atoms with E-state index in [4.69, 9.17) is 4.74 Å². The van der Waals surface area contributed by atoms with Gasteiger partial charge in [0.1, 0.15) is 0 Å². The standard InChI is InChI=1S/C19H28N2O3/c1-19(23)9-11-24-13-16(19)17-4-3-10-21(17)12-14-5-7-15(8-6-14)18(22)20-2/h5-8,16-17,23H,3-4,9-13H2,1-2H3,(H,20,22). The third-order valence-electron chi connectivity index (χ3n) is 5.56. The van der Waals surface area contributed by atoms with Gasteiger partial charge in [-0.1, -0.05) is 12.1 Å². The lowest BCUT2D eigenvalue weighted by atomic mass is 9.79. The van der Waals surface area contributed by atoms with Gasteiger partial charge in [-0.15, -0.1) is 0 Å². The van der Waals surface area contributed by atoms with Crippen molar-refractivity contribution in [2.24, 2.45) is 5.92 Å². The fourth-order valence-electron chi connectivity index (χ4n) is 4.02. The number of nitrogens with zero attached hydrogens (tertiary/aromatic N) is 1. The normalized spacial score (nSPS) is 31.1. The zero-order chi connectivity index (χ0) is 17.2. The molecular formula is C19H28N2O3. The summed E-state index contributed by atoms with van der Waals surface area (Å²) in [6.45, 7) is 5.15. The zero-order valence-electron chi connectivity index (χ0n) is 14.6. The molecule has 3 rings (SSSR count). The molecule has 3 unspecified atom stereocenters. The lowest BCUT2D eigenvalue weighted by Gasteiger charge is -2.43. The Morgan fingerprint density at radius 2 is 2.17 bits per heavy atom. The van der Waals surface area contributed by atoms with Gasteiger partial charge < -0.3 is 15.2 Å². The van der Waals surface area contributed by atoms with E-state index in [2.05, 4.69) is 10.2 Å². The van der Waals surface area contributed by atoms with E-state index in [1.165, 1.54) is 5.56 Å². The predicted octanol–water partition coefficient (Wildman–Crippen LogP) is 1.80. The summed E-state index contributed by atoms with van der Waals surface area (Å²) in [6.07, 6.45) is 2.98. The molecular weight excluding hydrogens is 304 g/mol. The van der Waals surface area contributed by atoms with Gasteiger partial charge >= 0.3 is 0 Å². The number of carbonyl (C=O) groups excluding carboxylic acids is 1. The highest BCUT2D eigenvalue weighted by Crippen LogP contribution is 2.36. The highest BCUT2D eigenvalue weighted by Gasteiger charge is 2.43. The summed E-state index contributed by atoms with van der Waals surface area (Å²) in [5.74, 6) is 0.106. The van der Waals surface area contributed by atoms with Crippen LogP contribution in [0.2, 0.25) is 0 Å². The molecule has 0 spiro atoms. The molecule has 5 heteroatoms. The summed E-state index contributed by atoms with van der Waals surface area (Å²) in [5, 5.41) is 13.4. The van der Waals surface area contributed by atoms with Gasteiger partial charge in [0.15, 0.2) is 0 Å². The number of benzene rings is 1. The Morgan fingerprint density at radius 1 is 1.42 bits per heavy atom. The maximum atomic E-state index is 11.6. The minimum atomic E-state index is -0.644. The van der Waals surface area contributed by atoms with Gasteiger partial charge in [-0.05, 0) is 50.4 Å². The molecule has 0 bridgehead atoms. The molecule has 0 aliphatic carbocycles. The van der Waals surface area contributed by atoms with Crippen LogP contribution in [-0.4, -0.2) is 54.4 Å². The Balaban J connectivity index is 1.68. The maximum absolute atomic E-state index is 11.6. The Hall–Kier alpha value is -1.43. The van der Waals surface area contributed by atoms with E-state index in [9.17, 15) is 9.90 Å². The molecule has 132 valence electrons. The minimum absolute atomic E-state index is 0.0593. The number of amides is 1. The fourth-order valence-corrected chi connectivity index (χ4v) is 4.02. The van der Waals surface area contributed by atoms with Gasteiger partial charge in [-0.25, -0.2) is 0 Å². The highest BCUT2D eigenvalue weighted by atomic mass is 16.5. The molecule has 2 aliphatic heterocycles. The van der Waals surface area contributed by atoms with Crippen molar-refractivity contribution in [1.29, 1.82) is 0 Å². The van der Waals surface area contributed by atoms with Crippen LogP contribution < -0.4 is 5.32 Å². The van der Waals surface area contributed by atoms with Crippen LogP contribution in [0.15, 0.2) is 24.3 Å². The SMILES string of the molecule is CNC(=O)c1ccc(CN2CCCC2C2COCCC2(C)O)cc1. The summed E-state index contributed by atoms with van der Waals surface area (Å²) in [5.41, 5.74) is 1.24. The number of likely N-dealkylation sites (tertiary alicyclic amines) is 1. The number of hydrogen-bond donors (Lipinski definition) is 2. The summed E-state index contributed by atoms with van der Waals surface area (Å²) in [7, 11) is 1.64. The first-order chi connectivity index (χ1) is 11.5. The van der Waals surface area contributed by atoms with Gasteiger partial charge in [0.05, 0.1) is 12.2 Å². The van der Waals surface area contributed by atoms with Crippen LogP contribution >= 0.6 is 0 Å². The molecule has 2 heterocycles. The van der Waals surface area contributed by atoms with E-state index < -0.39 is 5.60 Å². The first-order valence-corrected chi connectivity index (χ1v) is 8.86. The number of carbonyl (C=O) groups is 1. The van der Waals surface area contributed by atoms with Crippen LogP contribution in [0.4, 0.5) is 0 Å². The molecule has 2 aliphatic rings. The first kappa shape index (κ1) is 17.4. The minimum Gasteiger partial charge on any atom is -0.390 e. The van der Waals surface area contributed by atoms with Gasteiger partial charge in [0, 0.05) is 37.7 Å². The predicted molar refractivity (Wildman–Crippen MR) is 92.8 cm³/mol. The second kappa shape index (κ2) is 7.21. The van der Waals surface area contributed by atoms with Crippen LogP contribution in [0.1, 0.15) is 42.1 Å². The summed E-state index contributed by atoms with van der Waals surface area (Å²) in [6, 6.07) is 8.15. The van der Waals surface area contributed by atoms with E-state index in [-0.39, 0.29) is 11.8 Å². The van der Waals surface area contributed by atoms with Crippen molar-refractivity contribution < 1.29 is 14.6 Å². The molecule has 1 aromatic carbocycles. The van der Waals surface area contributed by atoms with Crippen LogP contribution in [0.5, 0.6) is 0 Å². The summed E-state index contributed by atoms with van der Waals surface area (Å²) >= 11 is 0. The van der Waals surface area contributed by atoms with E-state index in [0.717, 1.165) is 25.9 Å². The lowest BCUT2D eigenvalue weighted by Crippen LogP contribution is -2.52. The Morgan fingerprint density at radius 3 is 2.83 bits per heavy atom. The van der Waals surface area contributed by atoms with Crippen LogP contribution in [-0.2, 0) is 11.3 Å². The van der Waals surface area contributed by atoms with E-state index in [1.807, 2.05) is 31.2 Å². The highest BCUT2D eigenvalue weighted by molar-refractivity contribution is 5.93. The largest absolute Gasteiger partial charge is 0.390 e. The topological polar surface area (TPSA) is 61.8 Å². The molecule has 2 saturated heterocycles. The van der Waals surface area contributed by atoms with Gasteiger partial charge in [0.2, 0.25) is 0 Å².